The average Bonchev–Trinajstić information content (AvgIpc) is 2.82. The highest BCUT2D eigenvalue weighted by Gasteiger charge is 2.16. The summed E-state index contributed by atoms with van der Waals surface area (Å²) in [4.78, 5) is 8.72. The maximum Gasteiger partial charge on any atom is 0.241 e. The van der Waals surface area contributed by atoms with Crippen molar-refractivity contribution in [3.05, 3.63) is 53.4 Å². The van der Waals surface area contributed by atoms with E-state index in [9.17, 15) is 8.42 Å². The lowest BCUT2D eigenvalue weighted by atomic mass is 10.4. The molecule has 0 aliphatic rings. The number of imidazole rings is 1. The minimum atomic E-state index is -3.64. The summed E-state index contributed by atoms with van der Waals surface area (Å²) in [6.07, 6.45) is 1.67. The number of nitrogens with one attached hydrogen (secondary N) is 1. The average molecular weight is 337 g/mol. The maximum atomic E-state index is 12.3. The number of fused-ring (bicyclic) bond motifs is 1. The van der Waals surface area contributed by atoms with Gasteiger partial charge in [0.2, 0.25) is 10.0 Å². The number of aryl methyl sites for hydroxylation is 1. The summed E-state index contributed by atoms with van der Waals surface area (Å²) in [5, 5.41) is 0.370. The van der Waals surface area contributed by atoms with E-state index in [1.54, 1.807) is 36.0 Å². The van der Waals surface area contributed by atoms with Gasteiger partial charge in [-0.05, 0) is 30.3 Å². The van der Waals surface area contributed by atoms with Gasteiger partial charge in [-0.3, -0.25) is 0 Å². The number of pyridine rings is 1. The third kappa shape index (κ3) is 2.83. The van der Waals surface area contributed by atoms with E-state index in [0.29, 0.717) is 16.5 Å². The Hall–Kier alpha value is -1.96. The zero-order chi connectivity index (χ0) is 15.7. The van der Waals surface area contributed by atoms with E-state index in [1.165, 1.54) is 12.1 Å². The number of benzene rings is 1. The first-order valence-electron chi connectivity index (χ1n) is 6.49. The number of rotatable bonds is 4. The molecule has 0 aliphatic heterocycles. The lowest BCUT2D eigenvalue weighted by Gasteiger charge is -2.07. The fourth-order valence-corrected chi connectivity index (χ4v) is 3.39. The minimum Gasteiger partial charge on any atom is -0.315 e. The predicted molar refractivity (Wildman–Crippen MR) is 84.0 cm³/mol. The molecule has 3 rings (SSSR count). The fraction of sp³-hybridized carbons (Fsp3) is 0.143. The normalized spacial score (nSPS) is 11.9. The lowest BCUT2D eigenvalue weighted by molar-refractivity contribution is 0.578. The van der Waals surface area contributed by atoms with E-state index in [0.717, 1.165) is 5.52 Å². The SMILES string of the molecule is Cn1c(CNS(=O)(=O)c2cccc(Cl)c2)nc2cccnc21. The molecular weight excluding hydrogens is 324 g/mol. The molecule has 0 aliphatic carbocycles. The second kappa shape index (κ2) is 5.68. The summed E-state index contributed by atoms with van der Waals surface area (Å²) in [5.41, 5.74) is 1.43. The predicted octanol–water partition coefficient (Wildman–Crippen LogP) is 2.10. The van der Waals surface area contributed by atoms with E-state index in [2.05, 4.69) is 14.7 Å². The molecule has 0 unspecified atom stereocenters. The molecule has 0 fully saturated rings. The van der Waals surface area contributed by atoms with Gasteiger partial charge in [0.25, 0.3) is 0 Å². The molecule has 3 aromatic rings. The van der Waals surface area contributed by atoms with E-state index in [-0.39, 0.29) is 11.4 Å². The molecule has 2 aromatic heterocycles. The van der Waals surface area contributed by atoms with Crippen LogP contribution in [0.3, 0.4) is 0 Å². The molecule has 0 saturated carbocycles. The number of sulfonamides is 1. The highest BCUT2D eigenvalue weighted by molar-refractivity contribution is 7.89. The van der Waals surface area contributed by atoms with E-state index >= 15 is 0 Å². The quantitative estimate of drug-likeness (QED) is 0.791. The van der Waals surface area contributed by atoms with Gasteiger partial charge in [-0.15, -0.1) is 0 Å². The van der Waals surface area contributed by atoms with Crippen molar-refractivity contribution >= 4 is 32.8 Å². The van der Waals surface area contributed by atoms with Crippen molar-refractivity contribution in [2.75, 3.05) is 0 Å². The summed E-state index contributed by atoms with van der Waals surface area (Å²) >= 11 is 5.83. The van der Waals surface area contributed by atoms with Gasteiger partial charge >= 0.3 is 0 Å². The van der Waals surface area contributed by atoms with Crippen LogP contribution in [0.5, 0.6) is 0 Å². The molecule has 1 N–H and O–H groups in total. The third-order valence-corrected chi connectivity index (χ3v) is 4.88. The Labute approximate surface area is 132 Å². The van der Waals surface area contributed by atoms with Gasteiger partial charge in [-0.2, -0.15) is 0 Å². The molecule has 6 nitrogen and oxygen atoms in total. The van der Waals surface area contributed by atoms with Crippen LogP contribution in [0.2, 0.25) is 5.02 Å². The highest BCUT2D eigenvalue weighted by Crippen LogP contribution is 2.16. The largest absolute Gasteiger partial charge is 0.315 e. The summed E-state index contributed by atoms with van der Waals surface area (Å²) in [7, 11) is -1.85. The Morgan fingerprint density at radius 2 is 2.09 bits per heavy atom. The van der Waals surface area contributed by atoms with Crippen molar-refractivity contribution in [1.29, 1.82) is 0 Å². The third-order valence-electron chi connectivity index (χ3n) is 3.25. The molecule has 0 radical (unpaired) electrons. The van der Waals surface area contributed by atoms with Crippen LogP contribution in [0.1, 0.15) is 5.82 Å². The highest BCUT2D eigenvalue weighted by atomic mass is 35.5. The van der Waals surface area contributed by atoms with Crippen molar-refractivity contribution in [2.24, 2.45) is 7.05 Å². The van der Waals surface area contributed by atoms with Gasteiger partial charge in [-0.1, -0.05) is 17.7 Å². The van der Waals surface area contributed by atoms with Gasteiger partial charge in [0, 0.05) is 18.3 Å². The van der Waals surface area contributed by atoms with Gasteiger partial charge in [0.15, 0.2) is 5.65 Å². The molecule has 0 saturated heterocycles. The molecule has 0 spiro atoms. The summed E-state index contributed by atoms with van der Waals surface area (Å²) in [6, 6.07) is 9.73. The first kappa shape index (κ1) is 15.0. The van der Waals surface area contributed by atoms with Crippen LogP contribution in [-0.2, 0) is 23.6 Å². The Kier molecular flexibility index (Phi) is 3.86. The van der Waals surface area contributed by atoms with Crippen LogP contribution in [0, 0.1) is 0 Å². The Morgan fingerprint density at radius 3 is 2.82 bits per heavy atom. The van der Waals surface area contributed by atoms with Crippen molar-refractivity contribution < 1.29 is 8.42 Å². The zero-order valence-electron chi connectivity index (χ0n) is 11.7. The van der Waals surface area contributed by atoms with E-state index in [1.807, 2.05) is 6.07 Å². The number of hydrogen-bond acceptors (Lipinski definition) is 4. The van der Waals surface area contributed by atoms with Crippen LogP contribution < -0.4 is 4.72 Å². The Morgan fingerprint density at radius 1 is 1.27 bits per heavy atom. The summed E-state index contributed by atoms with van der Waals surface area (Å²) in [5.74, 6) is 0.583. The van der Waals surface area contributed by atoms with Crippen molar-refractivity contribution in [3.63, 3.8) is 0 Å². The summed E-state index contributed by atoms with van der Waals surface area (Å²) in [6.45, 7) is 0.0711. The van der Waals surface area contributed by atoms with Crippen LogP contribution in [0.4, 0.5) is 0 Å². The van der Waals surface area contributed by atoms with Crippen LogP contribution in [-0.4, -0.2) is 23.0 Å². The second-order valence-corrected chi connectivity index (χ2v) is 6.92. The second-order valence-electron chi connectivity index (χ2n) is 4.72. The number of nitrogens with zero attached hydrogens (tertiary/aromatic N) is 3. The molecule has 8 heteroatoms. The van der Waals surface area contributed by atoms with Crippen LogP contribution >= 0.6 is 11.6 Å². The van der Waals surface area contributed by atoms with Crippen LogP contribution in [0.15, 0.2) is 47.5 Å². The van der Waals surface area contributed by atoms with Gasteiger partial charge in [-0.25, -0.2) is 23.1 Å². The molecule has 0 atom stereocenters. The van der Waals surface area contributed by atoms with Gasteiger partial charge in [0.1, 0.15) is 11.3 Å². The minimum absolute atomic E-state index is 0.0711. The Bertz CT molecular complexity index is 937. The number of aromatic nitrogens is 3. The first-order chi connectivity index (χ1) is 10.5. The molecule has 114 valence electrons. The van der Waals surface area contributed by atoms with Gasteiger partial charge in [0.05, 0.1) is 11.4 Å². The lowest BCUT2D eigenvalue weighted by Crippen LogP contribution is -2.24. The van der Waals surface area contributed by atoms with E-state index < -0.39 is 10.0 Å². The smallest absolute Gasteiger partial charge is 0.241 e. The standard InChI is InChI=1S/C14H13ClN4O2S/c1-19-13(18-12-6-3-7-16-14(12)19)9-17-22(20,21)11-5-2-4-10(15)8-11/h2-8,17H,9H2,1H3. The molecule has 1 aromatic carbocycles. The zero-order valence-corrected chi connectivity index (χ0v) is 13.3. The molecule has 2 heterocycles. The molecule has 0 bridgehead atoms. The molecule has 0 amide bonds. The molecule has 22 heavy (non-hydrogen) atoms. The monoisotopic (exact) mass is 336 g/mol. The van der Waals surface area contributed by atoms with Crippen molar-refractivity contribution in [1.82, 2.24) is 19.3 Å². The van der Waals surface area contributed by atoms with E-state index in [4.69, 9.17) is 11.6 Å². The number of halogens is 1. The summed E-state index contributed by atoms with van der Waals surface area (Å²) < 4.78 is 28.8. The van der Waals surface area contributed by atoms with Gasteiger partial charge < -0.3 is 4.57 Å². The van der Waals surface area contributed by atoms with Crippen molar-refractivity contribution in [3.8, 4) is 0 Å². The van der Waals surface area contributed by atoms with Crippen LogP contribution in [0.25, 0.3) is 11.2 Å². The maximum absolute atomic E-state index is 12.3. The number of hydrogen-bond donors (Lipinski definition) is 1. The molecular formula is C14H13ClN4O2S. The van der Waals surface area contributed by atoms with Crippen molar-refractivity contribution in [2.45, 2.75) is 11.4 Å². The Balaban J connectivity index is 1.86. The first-order valence-corrected chi connectivity index (χ1v) is 8.35. The topological polar surface area (TPSA) is 76.9 Å². The fourth-order valence-electron chi connectivity index (χ4n) is 2.11.